The number of aromatic carboxylic acids is 1. The molecule has 1 aromatic heterocycles. The van der Waals surface area contributed by atoms with Crippen LogP contribution in [0.5, 0.6) is 0 Å². The summed E-state index contributed by atoms with van der Waals surface area (Å²) in [6.45, 7) is 0. The summed E-state index contributed by atoms with van der Waals surface area (Å²) in [5, 5.41) is 20.3. The smallest absolute Gasteiger partial charge is 0.352 e. The molecule has 0 radical (unpaired) electrons. The van der Waals surface area contributed by atoms with Gasteiger partial charge in [0.2, 0.25) is 0 Å². The van der Waals surface area contributed by atoms with Gasteiger partial charge in [0, 0.05) is 23.4 Å². The lowest BCUT2D eigenvalue weighted by Crippen LogP contribution is -2.08. The van der Waals surface area contributed by atoms with Crippen LogP contribution in [0.2, 0.25) is 5.02 Å². The molecule has 1 aliphatic carbocycles. The third-order valence-electron chi connectivity index (χ3n) is 3.49. The molecule has 0 spiro atoms. The molecule has 108 valence electrons. The number of carbonyl (C=O) groups is 1. The second kappa shape index (κ2) is 4.89. The molecule has 1 N–H and O–H groups in total. The SMILES string of the molecule is O=C(O)c1ccc(-c2ccc(Cl)c([N+](=O)[O-])c2)n1C1CC1. The number of nitro benzene ring substituents is 1. The molecule has 7 heteroatoms. The second-order valence-corrected chi connectivity index (χ2v) is 5.34. The molecule has 0 saturated heterocycles. The van der Waals surface area contributed by atoms with Crippen LogP contribution < -0.4 is 0 Å². The third-order valence-corrected chi connectivity index (χ3v) is 3.81. The predicted molar refractivity (Wildman–Crippen MR) is 76.8 cm³/mol. The maximum Gasteiger partial charge on any atom is 0.352 e. The first-order valence-electron chi connectivity index (χ1n) is 6.38. The van der Waals surface area contributed by atoms with Gasteiger partial charge in [0.1, 0.15) is 10.7 Å². The highest BCUT2D eigenvalue weighted by atomic mass is 35.5. The van der Waals surface area contributed by atoms with Crippen LogP contribution in [-0.4, -0.2) is 20.6 Å². The van der Waals surface area contributed by atoms with Gasteiger partial charge in [0.25, 0.3) is 5.69 Å². The molecule has 0 aliphatic heterocycles. The number of nitro groups is 1. The van der Waals surface area contributed by atoms with Crippen molar-refractivity contribution in [2.75, 3.05) is 0 Å². The van der Waals surface area contributed by atoms with E-state index in [1.165, 1.54) is 18.2 Å². The van der Waals surface area contributed by atoms with Gasteiger partial charge < -0.3 is 9.67 Å². The predicted octanol–water partition coefficient (Wildman–Crippen LogP) is 3.75. The summed E-state index contributed by atoms with van der Waals surface area (Å²) in [5.74, 6) is -1.00. The van der Waals surface area contributed by atoms with E-state index >= 15 is 0 Å². The van der Waals surface area contributed by atoms with Crippen molar-refractivity contribution in [2.45, 2.75) is 18.9 Å². The standard InChI is InChI=1S/C14H11ClN2O4/c15-10-4-1-8(7-13(10)17(20)21)11-5-6-12(14(18)19)16(11)9-2-3-9/h1,4-7,9H,2-3H2,(H,18,19). The number of carboxylic acids is 1. The van der Waals surface area contributed by atoms with E-state index in [4.69, 9.17) is 11.6 Å². The summed E-state index contributed by atoms with van der Waals surface area (Å²) in [6.07, 6.45) is 1.83. The number of nitrogens with zero attached hydrogens (tertiary/aromatic N) is 2. The minimum Gasteiger partial charge on any atom is -0.477 e. The zero-order valence-electron chi connectivity index (χ0n) is 10.8. The molecule has 21 heavy (non-hydrogen) atoms. The Labute approximate surface area is 124 Å². The Morgan fingerprint density at radius 1 is 1.33 bits per heavy atom. The summed E-state index contributed by atoms with van der Waals surface area (Å²) in [5.41, 5.74) is 1.26. The van der Waals surface area contributed by atoms with Gasteiger partial charge in [-0.3, -0.25) is 10.1 Å². The van der Waals surface area contributed by atoms with Gasteiger partial charge in [-0.25, -0.2) is 4.79 Å². The number of benzene rings is 1. The van der Waals surface area contributed by atoms with E-state index < -0.39 is 10.9 Å². The lowest BCUT2D eigenvalue weighted by Gasteiger charge is -2.10. The number of rotatable bonds is 4. The second-order valence-electron chi connectivity index (χ2n) is 4.93. The highest BCUT2D eigenvalue weighted by Crippen LogP contribution is 2.41. The van der Waals surface area contributed by atoms with Crippen molar-refractivity contribution in [2.24, 2.45) is 0 Å². The highest BCUT2D eigenvalue weighted by molar-refractivity contribution is 6.32. The van der Waals surface area contributed by atoms with Crippen LogP contribution in [0.15, 0.2) is 30.3 Å². The molecular weight excluding hydrogens is 296 g/mol. The highest BCUT2D eigenvalue weighted by Gasteiger charge is 2.30. The average Bonchev–Trinajstić information content (AvgIpc) is 3.17. The summed E-state index contributed by atoms with van der Waals surface area (Å²) < 4.78 is 1.73. The lowest BCUT2D eigenvalue weighted by molar-refractivity contribution is -0.384. The normalized spacial score (nSPS) is 14.1. The Balaban J connectivity index is 2.15. The van der Waals surface area contributed by atoms with Gasteiger partial charge in [-0.05, 0) is 31.0 Å². The molecule has 1 fully saturated rings. The topological polar surface area (TPSA) is 85.4 Å². The molecule has 0 atom stereocenters. The summed E-state index contributed by atoms with van der Waals surface area (Å²) >= 11 is 5.81. The van der Waals surface area contributed by atoms with Crippen molar-refractivity contribution in [3.05, 3.63) is 51.2 Å². The molecule has 0 amide bonds. The quantitative estimate of drug-likeness (QED) is 0.688. The Morgan fingerprint density at radius 3 is 2.62 bits per heavy atom. The Hall–Kier alpha value is -2.34. The number of carboxylic acid groups (broad SMARTS) is 1. The first-order chi connectivity index (χ1) is 9.99. The monoisotopic (exact) mass is 306 g/mol. The molecule has 1 aliphatic rings. The molecular formula is C14H11ClN2O4. The fourth-order valence-electron chi connectivity index (χ4n) is 2.40. The van der Waals surface area contributed by atoms with Gasteiger partial charge in [0.15, 0.2) is 0 Å². The van der Waals surface area contributed by atoms with Gasteiger partial charge in [-0.2, -0.15) is 0 Å². The van der Waals surface area contributed by atoms with Crippen LogP contribution >= 0.6 is 11.6 Å². The average molecular weight is 307 g/mol. The van der Waals surface area contributed by atoms with Gasteiger partial charge in [-0.1, -0.05) is 17.7 Å². The molecule has 1 heterocycles. The summed E-state index contributed by atoms with van der Waals surface area (Å²) in [4.78, 5) is 21.7. The van der Waals surface area contributed by atoms with Crippen LogP contribution in [0.3, 0.4) is 0 Å². The first kappa shape index (κ1) is 13.6. The van der Waals surface area contributed by atoms with Crippen LogP contribution in [-0.2, 0) is 0 Å². The Kier molecular flexibility index (Phi) is 3.17. The van der Waals surface area contributed by atoms with Crippen LogP contribution in [0.4, 0.5) is 5.69 Å². The molecule has 0 bridgehead atoms. The molecule has 1 aromatic carbocycles. The number of aromatic nitrogens is 1. The van der Waals surface area contributed by atoms with E-state index in [9.17, 15) is 20.0 Å². The van der Waals surface area contributed by atoms with E-state index in [1.807, 2.05) is 0 Å². The number of hydrogen-bond donors (Lipinski definition) is 1. The number of hydrogen-bond acceptors (Lipinski definition) is 3. The fourth-order valence-corrected chi connectivity index (χ4v) is 2.58. The Bertz CT molecular complexity index is 749. The van der Waals surface area contributed by atoms with E-state index in [1.54, 1.807) is 16.7 Å². The zero-order chi connectivity index (χ0) is 15.1. The van der Waals surface area contributed by atoms with E-state index in [-0.39, 0.29) is 22.4 Å². The lowest BCUT2D eigenvalue weighted by atomic mass is 10.1. The largest absolute Gasteiger partial charge is 0.477 e. The van der Waals surface area contributed by atoms with Gasteiger partial charge in [-0.15, -0.1) is 0 Å². The van der Waals surface area contributed by atoms with Crippen LogP contribution in [0, 0.1) is 10.1 Å². The van der Waals surface area contributed by atoms with E-state index in [0.717, 1.165) is 12.8 Å². The van der Waals surface area contributed by atoms with Crippen LogP contribution in [0.25, 0.3) is 11.3 Å². The molecule has 1 saturated carbocycles. The summed E-state index contributed by atoms with van der Waals surface area (Å²) in [6, 6.07) is 7.85. The van der Waals surface area contributed by atoms with Gasteiger partial charge in [0.05, 0.1) is 4.92 Å². The molecule has 0 unspecified atom stereocenters. The molecule has 3 rings (SSSR count). The maximum absolute atomic E-state index is 11.3. The van der Waals surface area contributed by atoms with Crippen molar-refractivity contribution in [3.8, 4) is 11.3 Å². The summed E-state index contributed by atoms with van der Waals surface area (Å²) in [7, 11) is 0. The molecule has 2 aromatic rings. The van der Waals surface area contributed by atoms with Crippen molar-refractivity contribution >= 4 is 23.3 Å². The van der Waals surface area contributed by atoms with E-state index in [0.29, 0.717) is 11.3 Å². The molecule has 6 nitrogen and oxygen atoms in total. The zero-order valence-corrected chi connectivity index (χ0v) is 11.6. The van der Waals surface area contributed by atoms with Crippen molar-refractivity contribution in [1.82, 2.24) is 4.57 Å². The van der Waals surface area contributed by atoms with Gasteiger partial charge >= 0.3 is 5.97 Å². The first-order valence-corrected chi connectivity index (χ1v) is 6.75. The minimum atomic E-state index is -1.00. The van der Waals surface area contributed by atoms with Crippen molar-refractivity contribution in [1.29, 1.82) is 0 Å². The van der Waals surface area contributed by atoms with Crippen LogP contribution in [0.1, 0.15) is 29.4 Å². The third kappa shape index (κ3) is 2.38. The van der Waals surface area contributed by atoms with Crippen molar-refractivity contribution in [3.63, 3.8) is 0 Å². The maximum atomic E-state index is 11.3. The number of halogens is 1. The Morgan fingerprint density at radius 2 is 2.05 bits per heavy atom. The fraction of sp³-hybridized carbons (Fsp3) is 0.214. The van der Waals surface area contributed by atoms with E-state index in [2.05, 4.69) is 0 Å². The van der Waals surface area contributed by atoms with Crippen molar-refractivity contribution < 1.29 is 14.8 Å². The minimum absolute atomic E-state index is 0.0618.